The van der Waals surface area contributed by atoms with E-state index in [0.717, 1.165) is 10.0 Å². The van der Waals surface area contributed by atoms with E-state index in [2.05, 4.69) is 26.0 Å². The number of sulfonamides is 1. The number of rotatable bonds is 8. The highest BCUT2D eigenvalue weighted by Gasteiger charge is 2.14. The molecule has 7 heteroatoms. The fourth-order valence-corrected chi connectivity index (χ4v) is 3.82. The van der Waals surface area contributed by atoms with Crippen LogP contribution >= 0.6 is 15.9 Å². The molecule has 2 aromatic carbocycles. The van der Waals surface area contributed by atoms with Crippen LogP contribution in [-0.4, -0.2) is 27.4 Å². The number of carbonyl (C=O) groups is 1. The highest BCUT2D eigenvalue weighted by atomic mass is 79.9. The maximum absolute atomic E-state index is 12.0. The molecule has 0 saturated heterocycles. The van der Waals surface area contributed by atoms with Gasteiger partial charge in [-0.3, -0.25) is 4.79 Å². The van der Waals surface area contributed by atoms with Crippen LogP contribution in [0.3, 0.4) is 0 Å². The molecule has 0 spiro atoms. The van der Waals surface area contributed by atoms with E-state index in [1.165, 1.54) is 0 Å². The van der Waals surface area contributed by atoms with Crippen molar-refractivity contribution in [2.75, 3.05) is 13.1 Å². The molecule has 0 aromatic heterocycles. The number of nitrogens with one attached hydrogen (secondary N) is 2. The van der Waals surface area contributed by atoms with Gasteiger partial charge in [0, 0.05) is 11.0 Å². The van der Waals surface area contributed by atoms with Crippen molar-refractivity contribution in [2.45, 2.75) is 12.2 Å². The van der Waals surface area contributed by atoms with E-state index in [4.69, 9.17) is 0 Å². The molecule has 0 fully saturated rings. The maximum atomic E-state index is 12.0. The molecule has 2 aromatic rings. The minimum Gasteiger partial charge on any atom is -0.355 e. The van der Waals surface area contributed by atoms with Crippen molar-refractivity contribution in [3.8, 4) is 0 Å². The second-order valence-corrected chi connectivity index (χ2v) is 7.92. The number of amides is 1. The molecule has 0 heterocycles. The van der Waals surface area contributed by atoms with Crippen LogP contribution in [0, 0.1) is 0 Å². The van der Waals surface area contributed by atoms with Crippen LogP contribution in [0.2, 0.25) is 0 Å². The zero-order chi connectivity index (χ0) is 17.4. The summed E-state index contributed by atoms with van der Waals surface area (Å²) in [6.45, 7) is 0.205. The molecule has 0 unspecified atom stereocenters. The van der Waals surface area contributed by atoms with Gasteiger partial charge in [-0.25, -0.2) is 13.1 Å². The fourth-order valence-electron chi connectivity index (χ4n) is 2.10. The molecule has 0 aliphatic rings. The maximum Gasteiger partial charge on any atom is 0.235 e. The van der Waals surface area contributed by atoms with E-state index in [9.17, 15) is 13.2 Å². The largest absolute Gasteiger partial charge is 0.355 e. The minimum absolute atomic E-state index is 0.175. The minimum atomic E-state index is -3.57. The highest BCUT2D eigenvalue weighted by molar-refractivity contribution is 9.10. The van der Waals surface area contributed by atoms with Gasteiger partial charge in [-0.15, -0.1) is 0 Å². The first-order valence-electron chi connectivity index (χ1n) is 7.48. The van der Waals surface area contributed by atoms with Gasteiger partial charge >= 0.3 is 0 Å². The molecule has 0 saturated carbocycles. The van der Waals surface area contributed by atoms with Gasteiger partial charge in [0.2, 0.25) is 15.9 Å². The Morgan fingerprint density at radius 3 is 2.38 bits per heavy atom. The Hall–Kier alpha value is -1.70. The van der Waals surface area contributed by atoms with Crippen molar-refractivity contribution in [3.63, 3.8) is 0 Å². The second kappa shape index (κ2) is 8.96. The van der Waals surface area contributed by atoms with Crippen LogP contribution in [0.5, 0.6) is 0 Å². The normalized spacial score (nSPS) is 11.2. The summed E-state index contributed by atoms with van der Waals surface area (Å²) >= 11 is 3.31. The van der Waals surface area contributed by atoms with E-state index >= 15 is 0 Å². The van der Waals surface area contributed by atoms with Crippen LogP contribution in [0.1, 0.15) is 11.1 Å². The number of benzene rings is 2. The van der Waals surface area contributed by atoms with E-state index < -0.39 is 10.0 Å². The number of hydrogen-bond acceptors (Lipinski definition) is 3. The van der Waals surface area contributed by atoms with Gasteiger partial charge in [-0.2, -0.15) is 0 Å². The van der Waals surface area contributed by atoms with Gasteiger partial charge < -0.3 is 5.32 Å². The third-order valence-electron chi connectivity index (χ3n) is 3.33. The van der Waals surface area contributed by atoms with E-state index in [-0.39, 0.29) is 18.2 Å². The number of halogens is 1. The van der Waals surface area contributed by atoms with Gasteiger partial charge in [-0.05, 0) is 23.6 Å². The summed E-state index contributed by atoms with van der Waals surface area (Å²) in [7, 11) is -3.57. The Balaban J connectivity index is 1.75. The first-order chi connectivity index (χ1) is 11.5. The van der Waals surface area contributed by atoms with Crippen molar-refractivity contribution < 1.29 is 13.2 Å². The molecular formula is C17H19BrN2O3S. The summed E-state index contributed by atoms with van der Waals surface area (Å²) < 4.78 is 27.1. The van der Waals surface area contributed by atoms with Crippen LogP contribution in [-0.2, 0) is 27.0 Å². The van der Waals surface area contributed by atoms with Gasteiger partial charge in [-0.1, -0.05) is 64.5 Å². The molecule has 0 aliphatic carbocycles. The molecule has 0 radical (unpaired) electrons. The average molecular weight is 411 g/mol. The standard InChI is InChI=1S/C17H19BrN2O3S/c18-16-9-5-4-8-15(16)13-24(22,23)20-12-17(21)19-11-10-14-6-2-1-3-7-14/h1-9,20H,10-13H2,(H,19,21). The molecule has 0 atom stereocenters. The first kappa shape index (κ1) is 18.6. The summed E-state index contributed by atoms with van der Waals surface area (Å²) in [5.41, 5.74) is 1.77. The van der Waals surface area contributed by atoms with Crippen LogP contribution < -0.4 is 10.0 Å². The zero-order valence-corrected chi connectivity index (χ0v) is 15.4. The average Bonchev–Trinajstić information content (AvgIpc) is 2.56. The van der Waals surface area contributed by atoms with Crippen molar-refractivity contribution in [3.05, 3.63) is 70.2 Å². The fraction of sp³-hybridized carbons (Fsp3) is 0.235. The Bertz CT molecular complexity index is 779. The van der Waals surface area contributed by atoms with Gasteiger partial charge in [0.25, 0.3) is 0 Å². The van der Waals surface area contributed by atoms with Gasteiger partial charge in [0.15, 0.2) is 0 Å². The predicted molar refractivity (Wildman–Crippen MR) is 97.9 cm³/mol. The van der Waals surface area contributed by atoms with E-state index in [1.807, 2.05) is 36.4 Å². The summed E-state index contributed by atoms with van der Waals surface area (Å²) in [4.78, 5) is 11.8. The Morgan fingerprint density at radius 2 is 1.67 bits per heavy atom. The molecule has 5 nitrogen and oxygen atoms in total. The van der Waals surface area contributed by atoms with Crippen molar-refractivity contribution in [2.24, 2.45) is 0 Å². The quantitative estimate of drug-likeness (QED) is 0.700. The highest BCUT2D eigenvalue weighted by Crippen LogP contribution is 2.17. The van der Waals surface area contributed by atoms with Crippen LogP contribution in [0.15, 0.2) is 59.1 Å². The number of hydrogen-bond donors (Lipinski definition) is 2. The number of carbonyl (C=O) groups excluding carboxylic acids is 1. The Labute approximate surface area is 150 Å². The van der Waals surface area contributed by atoms with Crippen molar-refractivity contribution in [1.29, 1.82) is 0 Å². The molecule has 24 heavy (non-hydrogen) atoms. The Kier molecular flexibility index (Phi) is 6.96. The monoisotopic (exact) mass is 410 g/mol. The molecule has 128 valence electrons. The first-order valence-corrected chi connectivity index (χ1v) is 9.92. The second-order valence-electron chi connectivity index (χ2n) is 5.26. The summed E-state index contributed by atoms with van der Waals surface area (Å²) in [5.74, 6) is -0.521. The van der Waals surface area contributed by atoms with Gasteiger partial charge in [0.05, 0.1) is 12.3 Å². The lowest BCUT2D eigenvalue weighted by atomic mass is 10.1. The van der Waals surface area contributed by atoms with Crippen LogP contribution in [0.25, 0.3) is 0 Å². The lowest BCUT2D eigenvalue weighted by Crippen LogP contribution is -2.38. The molecule has 0 bridgehead atoms. The summed E-state index contributed by atoms with van der Waals surface area (Å²) in [5, 5.41) is 2.70. The molecule has 2 N–H and O–H groups in total. The molecule has 0 aliphatic heterocycles. The summed E-state index contributed by atoms with van der Waals surface area (Å²) in [6, 6.07) is 16.9. The van der Waals surface area contributed by atoms with Crippen molar-refractivity contribution >= 4 is 31.9 Å². The molecule has 2 rings (SSSR count). The SMILES string of the molecule is O=C(CNS(=O)(=O)Cc1ccccc1Br)NCCc1ccccc1. The Morgan fingerprint density at radius 1 is 1.00 bits per heavy atom. The molecular weight excluding hydrogens is 392 g/mol. The lowest BCUT2D eigenvalue weighted by molar-refractivity contribution is -0.119. The van der Waals surface area contributed by atoms with Crippen LogP contribution in [0.4, 0.5) is 0 Å². The third-order valence-corrected chi connectivity index (χ3v) is 5.38. The smallest absolute Gasteiger partial charge is 0.235 e. The molecule has 1 amide bonds. The topological polar surface area (TPSA) is 75.3 Å². The lowest BCUT2D eigenvalue weighted by Gasteiger charge is -2.09. The zero-order valence-electron chi connectivity index (χ0n) is 13.0. The summed E-state index contributed by atoms with van der Waals surface area (Å²) in [6.07, 6.45) is 0.705. The van der Waals surface area contributed by atoms with E-state index in [0.29, 0.717) is 18.5 Å². The van der Waals surface area contributed by atoms with E-state index in [1.54, 1.807) is 18.2 Å². The van der Waals surface area contributed by atoms with Gasteiger partial charge in [0.1, 0.15) is 0 Å². The predicted octanol–water partition coefficient (Wildman–Crippen LogP) is 2.23. The van der Waals surface area contributed by atoms with Crippen molar-refractivity contribution in [1.82, 2.24) is 10.0 Å². The third kappa shape index (κ3) is 6.43.